The van der Waals surface area contributed by atoms with Crippen molar-refractivity contribution < 1.29 is 14.0 Å². The number of rotatable bonds is 6. The zero-order chi connectivity index (χ0) is 16.8. The molecule has 0 aliphatic carbocycles. The van der Waals surface area contributed by atoms with E-state index in [0.29, 0.717) is 17.9 Å². The van der Waals surface area contributed by atoms with Crippen molar-refractivity contribution in [2.24, 2.45) is 0 Å². The quantitative estimate of drug-likeness (QED) is 0.807. The molecule has 1 aliphatic heterocycles. The number of aromatic nitrogens is 2. The van der Waals surface area contributed by atoms with E-state index in [1.165, 1.54) is 0 Å². The molecule has 0 N–H and O–H groups in total. The molecular formula is C18H25N3O3. The summed E-state index contributed by atoms with van der Waals surface area (Å²) in [5, 5.41) is 4.12. The van der Waals surface area contributed by atoms with Gasteiger partial charge in [0.1, 0.15) is 5.75 Å². The van der Waals surface area contributed by atoms with Gasteiger partial charge in [-0.1, -0.05) is 24.2 Å². The van der Waals surface area contributed by atoms with Crippen molar-refractivity contribution in [1.82, 2.24) is 10.1 Å². The van der Waals surface area contributed by atoms with Crippen molar-refractivity contribution in [3.63, 3.8) is 0 Å². The van der Waals surface area contributed by atoms with Gasteiger partial charge < -0.3 is 18.9 Å². The van der Waals surface area contributed by atoms with Gasteiger partial charge >= 0.3 is 6.01 Å². The third-order valence-electron chi connectivity index (χ3n) is 4.25. The fourth-order valence-electron chi connectivity index (χ4n) is 2.93. The molecule has 0 saturated carbocycles. The van der Waals surface area contributed by atoms with Crippen LogP contribution in [0.2, 0.25) is 0 Å². The summed E-state index contributed by atoms with van der Waals surface area (Å²) in [6.07, 6.45) is 4.57. The van der Waals surface area contributed by atoms with Gasteiger partial charge in [0.2, 0.25) is 5.82 Å². The molecule has 1 saturated heterocycles. The largest absolute Gasteiger partial charge is 0.497 e. The van der Waals surface area contributed by atoms with Gasteiger partial charge in [0.15, 0.2) is 0 Å². The summed E-state index contributed by atoms with van der Waals surface area (Å²) in [5.74, 6) is 1.37. The number of ether oxygens (including phenoxy) is 2. The maximum absolute atomic E-state index is 5.89. The Hall–Kier alpha value is -2.08. The van der Waals surface area contributed by atoms with Crippen LogP contribution in [0, 0.1) is 0 Å². The van der Waals surface area contributed by atoms with Gasteiger partial charge in [-0.2, -0.15) is 4.98 Å². The Morgan fingerprint density at radius 1 is 1.29 bits per heavy atom. The zero-order valence-electron chi connectivity index (χ0n) is 14.4. The summed E-state index contributed by atoms with van der Waals surface area (Å²) >= 11 is 0. The van der Waals surface area contributed by atoms with Gasteiger partial charge in [0.25, 0.3) is 0 Å². The van der Waals surface area contributed by atoms with Crippen molar-refractivity contribution >= 4 is 6.01 Å². The number of benzene rings is 1. The summed E-state index contributed by atoms with van der Waals surface area (Å²) in [4.78, 5) is 6.72. The standard InChI is InChI=1S/C18H25N3O3/c1-3-12-23-15-8-5-10-21(11-9-15)18-19-17(20-24-18)14-6-4-7-16(13-14)22-2/h4,6-7,13,15H,3,5,8-12H2,1-2H3. The van der Waals surface area contributed by atoms with Crippen molar-refractivity contribution in [2.75, 3.05) is 31.7 Å². The normalized spacial score (nSPS) is 18.4. The molecule has 1 unspecified atom stereocenters. The Labute approximate surface area is 142 Å². The van der Waals surface area contributed by atoms with Crippen LogP contribution in [0.5, 0.6) is 5.75 Å². The Kier molecular flexibility index (Phi) is 5.69. The molecule has 130 valence electrons. The van der Waals surface area contributed by atoms with E-state index >= 15 is 0 Å². The first-order chi connectivity index (χ1) is 11.8. The predicted molar refractivity (Wildman–Crippen MR) is 92.4 cm³/mol. The Morgan fingerprint density at radius 3 is 3.04 bits per heavy atom. The summed E-state index contributed by atoms with van der Waals surface area (Å²) in [7, 11) is 1.65. The van der Waals surface area contributed by atoms with Crippen LogP contribution in [0.15, 0.2) is 28.8 Å². The molecule has 0 radical (unpaired) electrons. The first-order valence-corrected chi connectivity index (χ1v) is 8.65. The van der Waals surface area contributed by atoms with Crippen LogP contribution in [0.1, 0.15) is 32.6 Å². The second-order valence-electron chi connectivity index (χ2n) is 6.04. The van der Waals surface area contributed by atoms with Crippen LogP contribution in [-0.4, -0.2) is 43.1 Å². The second kappa shape index (κ2) is 8.15. The molecule has 1 aliphatic rings. The van der Waals surface area contributed by atoms with Gasteiger partial charge in [-0.15, -0.1) is 0 Å². The molecule has 24 heavy (non-hydrogen) atoms. The Morgan fingerprint density at radius 2 is 2.21 bits per heavy atom. The lowest BCUT2D eigenvalue weighted by atomic mass is 10.2. The average Bonchev–Trinajstić information content (AvgIpc) is 3.00. The Bertz CT molecular complexity index is 644. The van der Waals surface area contributed by atoms with E-state index in [9.17, 15) is 0 Å². The molecule has 1 aromatic carbocycles. The van der Waals surface area contributed by atoms with E-state index in [4.69, 9.17) is 14.0 Å². The van der Waals surface area contributed by atoms with E-state index in [1.54, 1.807) is 7.11 Å². The van der Waals surface area contributed by atoms with Gasteiger partial charge in [-0.25, -0.2) is 0 Å². The number of hydrogen-bond donors (Lipinski definition) is 0. The first kappa shape index (κ1) is 16.8. The lowest BCUT2D eigenvalue weighted by Crippen LogP contribution is -2.25. The lowest BCUT2D eigenvalue weighted by Gasteiger charge is -2.17. The lowest BCUT2D eigenvalue weighted by molar-refractivity contribution is 0.0461. The van der Waals surface area contributed by atoms with Crippen LogP contribution in [0.25, 0.3) is 11.4 Å². The first-order valence-electron chi connectivity index (χ1n) is 8.65. The summed E-state index contributed by atoms with van der Waals surface area (Å²) in [5.41, 5.74) is 0.892. The molecule has 2 heterocycles. The minimum atomic E-state index is 0.343. The van der Waals surface area contributed by atoms with Crippen LogP contribution in [0.3, 0.4) is 0 Å². The molecule has 1 fully saturated rings. The third kappa shape index (κ3) is 4.06. The summed E-state index contributed by atoms with van der Waals surface area (Å²) < 4.78 is 16.6. The van der Waals surface area contributed by atoms with E-state index in [-0.39, 0.29) is 0 Å². The van der Waals surface area contributed by atoms with E-state index < -0.39 is 0 Å². The fraction of sp³-hybridized carbons (Fsp3) is 0.556. The predicted octanol–water partition coefficient (Wildman–Crippen LogP) is 3.53. The molecular weight excluding hydrogens is 306 g/mol. The highest BCUT2D eigenvalue weighted by Crippen LogP contribution is 2.25. The highest BCUT2D eigenvalue weighted by Gasteiger charge is 2.21. The third-order valence-corrected chi connectivity index (χ3v) is 4.25. The van der Waals surface area contributed by atoms with Crippen LogP contribution in [0.4, 0.5) is 6.01 Å². The van der Waals surface area contributed by atoms with Crippen LogP contribution >= 0.6 is 0 Å². The number of methoxy groups -OCH3 is 1. The van der Waals surface area contributed by atoms with Crippen LogP contribution < -0.4 is 9.64 Å². The molecule has 6 nitrogen and oxygen atoms in total. The minimum absolute atomic E-state index is 0.343. The van der Waals surface area contributed by atoms with Gasteiger partial charge in [0, 0.05) is 25.3 Å². The summed E-state index contributed by atoms with van der Waals surface area (Å²) in [6, 6.07) is 8.27. The van der Waals surface area contributed by atoms with Crippen molar-refractivity contribution in [3.8, 4) is 17.1 Å². The van der Waals surface area contributed by atoms with E-state index in [1.807, 2.05) is 24.3 Å². The second-order valence-corrected chi connectivity index (χ2v) is 6.04. The maximum Gasteiger partial charge on any atom is 0.324 e. The molecule has 0 spiro atoms. The van der Waals surface area contributed by atoms with E-state index in [0.717, 1.165) is 56.7 Å². The SMILES string of the molecule is CCCOC1CCCN(c2nc(-c3cccc(OC)c3)no2)CC1. The maximum atomic E-state index is 5.89. The van der Waals surface area contributed by atoms with Crippen molar-refractivity contribution in [2.45, 2.75) is 38.7 Å². The average molecular weight is 331 g/mol. The van der Waals surface area contributed by atoms with Crippen molar-refractivity contribution in [1.29, 1.82) is 0 Å². The molecule has 3 rings (SSSR count). The number of nitrogens with zero attached hydrogens (tertiary/aromatic N) is 3. The fourth-order valence-corrected chi connectivity index (χ4v) is 2.93. The highest BCUT2D eigenvalue weighted by molar-refractivity contribution is 5.58. The van der Waals surface area contributed by atoms with Crippen LogP contribution in [-0.2, 0) is 4.74 Å². The zero-order valence-corrected chi connectivity index (χ0v) is 14.4. The van der Waals surface area contributed by atoms with Crippen molar-refractivity contribution in [3.05, 3.63) is 24.3 Å². The summed E-state index contributed by atoms with van der Waals surface area (Å²) in [6.45, 7) is 4.78. The number of anilines is 1. The molecule has 0 amide bonds. The number of hydrogen-bond acceptors (Lipinski definition) is 6. The van der Waals surface area contributed by atoms with E-state index in [2.05, 4.69) is 22.0 Å². The monoisotopic (exact) mass is 331 g/mol. The Balaban J connectivity index is 1.66. The molecule has 1 aromatic heterocycles. The van der Waals surface area contributed by atoms with Gasteiger partial charge in [-0.05, 0) is 37.8 Å². The topological polar surface area (TPSA) is 60.6 Å². The molecule has 1 atom stereocenters. The van der Waals surface area contributed by atoms with Gasteiger partial charge in [-0.3, -0.25) is 0 Å². The molecule has 0 bridgehead atoms. The van der Waals surface area contributed by atoms with Gasteiger partial charge in [0.05, 0.1) is 13.2 Å². The molecule has 2 aromatic rings. The smallest absolute Gasteiger partial charge is 0.324 e. The molecule has 6 heteroatoms. The highest BCUT2D eigenvalue weighted by atomic mass is 16.5. The minimum Gasteiger partial charge on any atom is -0.497 e.